The van der Waals surface area contributed by atoms with Crippen LogP contribution in [0.25, 0.3) is 6.08 Å². The maximum Gasteiger partial charge on any atom is 0.303 e. The fourth-order valence-electron chi connectivity index (χ4n) is 1.24. The molecule has 0 amide bonds. The third-order valence-electron chi connectivity index (χ3n) is 1.97. The van der Waals surface area contributed by atoms with Crippen molar-refractivity contribution in [3.63, 3.8) is 0 Å². The highest BCUT2D eigenvalue weighted by Crippen LogP contribution is 2.17. The van der Waals surface area contributed by atoms with Gasteiger partial charge in [-0.3, -0.25) is 4.79 Å². The van der Waals surface area contributed by atoms with Gasteiger partial charge in [0.15, 0.2) is 0 Å². The standard InChI is InChI=1S/C11H15NO2S/c1-8(4-3-5-11(13)14)6-10-12-7-9(2)15-10/h6-7H,3-5H2,1-2H3,(H,13,14). The lowest BCUT2D eigenvalue weighted by atomic mass is 10.1. The molecule has 0 saturated carbocycles. The van der Waals surface area contributed by atoms with Gasteiger partial charge in [-0.15, -0.1) is 11.3 Å². The summed E-state index contributed by atoms with van der Waals surface area (Å²) in [4.78, 5) is 15.7. The first-order valence-corrected chi connectivity index (χ1v) is 5.71. The molecule has 0 spiro atoms. The Labute approximate surface area is 93.5 Å². The van der Waals surface area contributed by atoms with E-state index in [1.165, 1.54) is 10.5 Å². The molecule has 0 aromatic carbocycles. The Kier molecular flexibility index (Phi) is 4.49. The van der Waals surface area contributed by atoms with Gasteiger partial charge in [0.2, 0.25) is 0 Å². The Morgan fingerprint density at radius 1 is 1.60 bits per heavy atom. The minimum absolute atomic E-state index is 0.238. The minimum Gasteiger partial charge on any atom is -0.481 e. The van der Waals surface area contributed by atoms with Gasteiger partial charge in [-0.1, -0.05) is 5.57 Å². The van der Waals surface area contributed by atoms with Crippen molar-refractivity contribution in [1.82, 2.24) is 4.98 Å². The number of hydrogen-bond donors (Lipinski definition) is 1. The molecule has 1 heterocycles. The molecule has 1 N–H and O–H groups in total. The van der Waals surface area contributed by atoms with Gasteiger partial charge in [0.05, 0.1) is 0 Å². The van der Waals surface area contributed by atoms with Crippen molar-refractivity contribution in [2.24, 2.45) is 0 Å². The Morgan fingerprint density at radius 2 is 2.33 bits per heavy atom. The third-order valence-corrected chi connectivity index (χ3v) is 2.83. The van der Waals surface area contributed by atoms with Crippen LogP contribution in [-0.4, -0.2) is 16.1 Å². The zero-order chi connectivity index (χ0) is 11.3. The molecule has 0 saturated heterocycles. The van der Waals surface area contributed by atoms with E-state index in [0.717, 1.165) is 11.4 Å². The lowest BCUT2D eigenvalue weighted by Crippen LogP contribution is -1.93. The highest BCUT2D eigenvalue weighted by molar-refractivity contribution is 7.12. The van der Waals surface area contributed by atoms with Crippen molar-refractivity contribution >= 4 is 23.4 Å². The number of aryl methyl sites for hydroxylation is 1. The van der Waals surface area contributed by atoms with Crippen molar-refractivity contribution in [2.45, 2.75) is 33.1 Å². The predicted molar refractivity (Wildman–Crippen MR) is 62.0 cm³/mol. The second-order valence-corrected chi connectivity index (χ2v) is 4.81. The summed E-state index contributed by atoms with van der Waals surface area (Å²) in [6.07, 6.45) is 5.63. The van der Waals surface area contributed by atoms with Crippen LogP contribution in [0.2, 0.25) is 0 Å². The van der Waals surface area contributed by atoms with Crippen molar-refractivity contribution in [3.8, 4) is 0 Å². The van der Waals surface area contributed by atoms with Crippen LogP contribution in [0.5, 0.6) is 0 Å². The molecule has 1 aromatic rings. The van der Waals surface area contributed by atoms with Gasteiger partial charge in [-0.05, 0) is 32.8 Å². The van der Waals surface area contributed by atoms with E-state index < -0.39 is 5.97 Å². The molecule has 0 aliphatic heterocycles. The topological polar surface area (TPSA) is 50.2 Å². The lowest BCUT2D eigenvalue weighted by Gasteiger charge is -1.97. The van der Waals surface area contributed by atoms with E-state index in [1.807, 2.05) is 26.1 Å². The fraction of sp³-hybridized carbons (Fsp3) is 0.455. The number of aromatic nitrogens is 1. The molecule has 4 heteroatoms. The average Bonchev–Trinajstić information content (AvgIpc) is 2.50. The number of carboxylic acids is 1. The second-order valence-electron chi connectivity index (χ2n) is 3.55. The van der Waals surface area contributed by atoms with Gasteiger partial charge in [0.25, 0.3) is 0 Å². The van der Waals surface area contributed by atoms with E-state index in [9.17, 15) is 4.79 Å². The van der Waals surface area contributed by atoms with Gasteiger partial charge in [-0.2, -0.15) is 0 Å². The van der Waals surface area contributed by atoms with Crippen LogP contribution in [-0.2, 0) is 4.79 Å². The molecule has 0 aliphatic rings. The van der Waals surface area contributed by atoms with Gasteiger partial charge in [0, 0.05) is 17.5 Å². The zero-order valence-electron chi connectivity index (χ0n) is 8.99. The number of carbonyl (C=O) groups is 1. The maximum atomic E-state index is 10.3. The first-order chi connectivity index (χ1) is 7.08. The Morgan fingerprint density at radius 3 is 2.87 bits per heavy atom. The summed E-state index contributed by atoms with van der Waals surface area (Å²) < 4.78 is 0. The number of rotatable bonds is 5. The highest BCUT2D eigenvalue weighted by Gasteiger charge is 1.99. The van der Waals surface area contributed by atoms with Crippen molar-refractivity contribution < 1.29 is 9.90 Å². The Balaban J connectivity index is 2.42. The molecule has 1 rings (SSSR count). The SMILES string of the molecule is CC(=Cc1ncc(C)s1)CCCC(=O)O. The summed E-state index contributed by atoms with van der Waals surface area (Å²) in [5, 5.41) is 9.49. The van der Waals surface area contributed by atoms with E-state index in [1.54, 1.807) is 11.3 Å². The number of hydrogen-bond acceptors (Lipinski definition) is 3. The van der Waals surface area contributed by atoms with Gasteiger partial charge in [0.1, 0.15) is 5.01 Å². The number of nitrogens with zero attached hydrogens (tertiary/aromatic N) is 1. The van der Waals surface area contributed by atoms with Gasteiger partial charge < -0.3 is 5.11 Å². The summed E-state index contributed by atoms with van der Waals surface area (Å²) >= 11 is 1.65. The normalized spacial score (nSPS) is 11.7. The average molecular weight is 225 g/mol. The third kappa shape index (κ3) is 4.74. The summed E-state index contributed by atoms with van der Waals surface area (Å²) in [6.45, 7) is 4.04. The summed E-state index contributed by atoms with van der Waals surface area (Å²) in [7, 11) is 0. The molecule has 0 unspecified atom stereocenters. The van der Waals surface area contributed by atoms with Crippen LogP contribution in [0, 0.1) is 6.92 Å². The molecule has 15 heavy (non-hydrogen) atoms. The molecule has 82 valence electrons. The van der Waals surface area contributed by atoms with Crippen LogP contribution in [0.3, 0.4) is 0 Å². The first-order valence-electron chi connectivity index (χ1n) is 4.89. The molecular weight excluding hydrogens is 210 g/mol. The fourth-order valence-corrected chi connectivity index (χ4v) is 2.04. The van der Waals surface area contributed by atoms with Crippen LogP contribution in [0.1, 0.15) is 36.1 Å². The summed E-state index contributed by atoms with van der Waals surface area (Å²) in [5.74, 6) is -0.729. The summed E-state index contributed by atoms with van der Waals surface area (Å²) in [6, 6.07) is 0. The molecule has 1 aromatic heterocycles. The van der Waals surface area contributed by atoms with Crippen LogP contribution < -0.4 is 0 Å². The first kappa shape index (κ1) is 11.9. The molecule has 0 radical (unpaired) electrons. The van der Waals surface area contributed by atoms with Crippen LogP contribution >= 0.6 is 11.3 Å². The smallest absolute Gasteiger partial charge is 0.303 e. The Bertz CT molecular complexity index is 368. The number of thiazole rings is 1. The van der Waals surface area contributed by atoms with E-state index in [-0.39, 0.29) is 6.42 Å². The number of allylic oxidation sites excluding steroid dienone is 1. The quantitative estimate of drug-likeness (QED) is 0.837. The van der Waals surface area contributed by atoms with Crippen molar-refractivity contribution in [3.05, 3.63) is 21.7 Å². The molecule has 0 atom stereocenters. The molecule has 0 bridgehead atoms. The molecule has 0 fully saturated rings. The highest BCUT2D eigenvalue weighted by atomic mass is 32.1. The second kappa shape index (κ2) is 5.66. The molecular formula is C11H15NO2S. The van der Waals surface area contributed by atoms with Crippen molar-refractivity contribution in [1.29, 1.82) is 0 Å². The lowest BCUT2D eigenvalue weighted by molar-refractivity contribution is -0.137. The van der Waals surface area contributed by atoms with Crippen LogP contribution in [0.15, 0.2) is 11.8 Å². The summed E-state index contributed by atoms with van der Waals surface area (Å²) in [5.41, 5.74) is 1.19. The molecule has 0 aliphatic carbocycles. The zero-order valence-corrected chi connectivity index (χ0v) is 9.80. The van der Waals surface area contributed by atoms with E-state index in [4.69, 9.17) is 5.11 Å². The van der Waals surface area contributed by atoms with Crippen LogP contribution in [0.4, 0.5) is 0 Å². The minimum atomic E-state index is -0.729. The van der Waals surface area contributed by atoms with Crippen molar-refractivity contribution in [2.75, 3.05) is 0 Å². The Hall–Kier alpha value is -1.16. The van der Waals surface area contributed by atoms with Gasteiger partial charge >= 0.3 is 5.97 Å². The van der Waals surface area contributed by atoms with E-state index in [0.29, 0.717) is 6.42 Å². The largest absolute Gasteiger partial charge is 0.481 e. The number of aliphatic carboxylic acids is 1. The maximum absolute atomic E-state index is 10.3. The predicted octanol–water partition coefficient (Wildman–Crippen LogP) is 3.11. The van der Waals surface area contributed by atoms with E-state index in [2.05, 4.69) is 4.98 Å². The van der Waals surface area contributed by atoms with E-state index >= 15 is 0 Å². The monoisotopic (exact) mass is 225 g/mol. The number of carboxylic acid groups (broad SMARTS) is 1. The van der Waals surface area contributed by atoms with Gasteiger partial charge in [-0.25, -0.2) is 4.98 Å². The molecule has 3 nitrogen and oxygen atoms in total.